The number of nitriles is 1. The summed E-state index contributed by atoms with van der Waals surface area (Å²) in [5.41, 5.74) is 1.80. The molecular formula is C16H16N4. The number of hydrogen-bond donors (Lipinski definition) is 0. The van der Waals surface area contributed by atoms with E-state index in [1.54, 1.807) is 12.3 Å². The summed E-state index contributed by atoms with van der Waals surface area (Å²) in [4.78, 5) is 10.8. The predicted molar refractivity (Wildman–Crippen MR) is 77.4 cm³/mol. The van der Waals surface area contributed by atoms with Crippen molar-refractivity contribution in [2.24, 2.45) is 0 Å². The first kappa shape index (κ1) is 12.6. The second-order valence-corrected chi connectivity index (χ2v) is 5.05. The Morgan fingerprint density at radius 3 is 2.85 bits per heavy atom. The van der Waals surface area contributed by atoms with Gasteiger partial charge in [0, 0.05) is 25.2 Å². The summed E-state index contributed by atoms with van der Waals surface area (Å²) in [7, 11) is 0. The van der Waals surface area contributed by atoms with Crippen LogP contribution in [-0.4, -0.2) is 23.1 Å². The normalized spacial score (nSPS) is 18.6. The van der Waals surface area contributed by atoms with Crippen molar-refractivity contribution in [3.8, 4) is 6.07 Å². The van der Waals surface area contributed by atoms with Crippen LogP contribution in [-0.2, 0) is 0 Å². The van der Waals surface area contributed by atoms with Crippen LogP contribution in [0.1, 0.15) is 30.0 Å². The molecule has 2 aromatic rings. The molecule has 0 unspecified atom stereocenters. The van der Waals surface area contributed by atoms with E-state index in [-0.39, 0.29) is 0 Å². The van der Waals surface area contributed by atoms with Gasteiger partial charge in [-0.2, -0.15) is 5.26 Å². The first-order chi connectivity index (χ1) is 9.86. The Bertz CT molecular complexity index is 618. The Morgan fingerprint density at radius 1 is 1.20 bits per heavy atom. The molecule has 4 heteroatoms. The van der Waals surface area contributed by atoms with Crippen LogP contribution in [0.15, 0.2) is 42.6 Å². The van der Waals surface area contributed by atoms with Gasteiger partial charge in [0.15, 0.2) is 0 Å². The van der Waals surface area contributed by atoms with Crippen molar-refractivity contribution < 1.29 is 0 Å². The van der Waals surface area contributed by atoms with Crippen molar-refractivity contribution in [3.63, 3.8) is 0 Å². The Hall–Kier alpha value is -2.41. The second-order valence-electron chi connectivity index (χ2n) is 5.05. The molecule has 1 aliphatic heterocycles. The van der Waals surface area contributed by atoms with Gasteiger partial charge in [-0.15, -0.1) is 0 Å². The van der Waals surface area contributed by atoms with E-state index in [4.69, 9.17) is 5.26 Å². The lowest BCUT2D eigenvalue weighted by atomic mass is 9.91. The minimum Gasteiger partial charge on any atom is -0.340 e. The molecular weight excluding hydrogens is 248 g/mol. The van der Waals surface area contributed by atoms with Crippen molar-refractivity contribution in [1.29, 1.82) is 5.26 Å². The predicted octanol–water partition coefficient (Wildman–Crippen LogP) is 2.73. The second kappa shape index (κ2) is 5.70. The molecule has 0 aliphatic carbocycles. The number of aromatic nitrogens is 2. The van der Waals surface area contributed by atoms with Crippen molar-refractivity contribution >= 4 is 5.95 Å². The van der Waals surface area contributed by atoms with Crippen LogP contribution in [0.2, 0.25) is 0 Å². The van der Waals surface area contributed by atoms with E-state index in [1.165, 1.54) is 12.0 Å². The molecule has 1 fully saturated rings. The fraction of sp³-hybridized carbons (Fsp3) is 0.312. The Morgan fingerprint density at radius 2 is 2.05 bits per heavy atom. The molecule has 1 aromatic carbocycles. The maximum absolute atomic E-state index is 8.93. The first-order valence-corrected chi connectivity index (χ1v) is 6.90. The molecule has 0 amide bonds. The third-order valence-electron chi connectivity index (χ3n) is 3.73. The highest BCUT2D eigenvalue weighted by Crippen LogP contribution is 2.28. The minimum absolute atomic E-state index is 0.428. The zero-order chi connectivity index (χ0) is 13.8. The summed E-state index contributed by atoms with van der Waals surface area (Å²) in [6, 6.07) is 14.3. The molecule has 2 heterocycles. The van der Waals surface area contributed by atoms with Crippen molar-refractivity contribution in [2.75, 3.05) is 18.0 Å². The number of piperidine rings is 1. The summed E-state index contributed by atoms with van der Waals surface area (Å²) < 4.78 is 0. The van der Waals surface area contributed by atoms with Crippen molar-refractivity contribution in [3.05, 3.63) is 53.9 Å². The monoisotopic (exact) mass is 264 g/mol. The van der Waals surface area contributed by atoms with Gasteiger partial charge in [0.05, 0.1) is 0 Å². The maximum atomic E-state index is 8.93. The van der Waals surface area contributed by atoms with Gasteiger partial charge in [-0.1, -0.05) is 30.3 Å². The molecule has 3 rings (SSSR count). The van der Waals surface area contributed by atoms with Gasteiger partial charge in [-0.25, -0.2) is 9.97 Å². The van der Waals surface area contributed by atoms with Gasteiger partial charge in [-0.05, 0) is 24.5 Å². The molecule has 0 bridgehead atoms. The van der Waals surface area contributed by atoms with E-state index in [1.807, 2.05) is 6.07 Å². The standard InChI is InChI=1S/C16H16N4/c17-11-15-8-9-18-16(19-15)20-10-4-7-14(12-20)13-5-2-1-3-6-13/h1-3,5-6,8-9,14H,4,7,10,12H2/t14-/m0/s1. The summed E-state index contributed by atoms with van der Waals surface area (Å²) in [5.74, 6) is 1.18. The summed E-state index contributed by atoms with van der Waals surface area (Å²) in [6.07, 6.45) is 3.98. The van der Waals surface area contributed by atoms with Crippen LogP contribution in [0.4, 0.5) is 5.95 Å². The molecule has 0 saturated carbocycles. The van der Waals surface area contributed by atoms with E-state index in [2.05, 4.69) is 45.2 Å². The molecule has 100 valence electrons. The highest BCUT2D eigenvalue weighted by molar-refractivity contribution is 5.36. The molecule has 20 heavy (non-hydrogen) atoms. The molecule has 4 nitrogen and oxygen atoms in total. The van der Waals surface area contributed by atoms with E-state index >= 15 is 0 Å². The molecule has 1 saturated heterocycles. The van der Waals surface area contributed by atoms with Gasteiger partial charge in [0.2, 0.25) is 5.95 Å². The first-order valence-electron chi connectivity index (χ1n) is 6.90. The summed E-state index contributed by atoms with van der Waals surface area (Å²) >= 11 is 0. The highest BCUT2D eigenvalue weighted by atomic mass is 15.3. The molecule has 1 aromatic heterocycles. The van der Waals surface area contributed by atoms with Crippen LogP contribution in [0, 0.1) is 11.3 Å². The lowest BCUT2D eigenvalue weighted by molar-refractivity contribution is 0.503. The Labute approximate surface area is 118 Å². The molecule has 1 aliphatic rings. The number of nitrogens with zero attached hydrogens (tertiary/aromatic N) is 4. The Balaban J connectivity index is 1.80. The van der Waals surface area contributed by atoms with Gasteiger partial charge >= 0.3 is 0 Å². The quantitative estimate of drug-likeness (QED) is 0.837. The van der Waals surface area contributed by atoms with E-state index in [0.29, 0.717) is 17.6 Å². The number of anilines is 1. The average molecular weight is 264 g/mol. The molecule has 0 spiro atoms. The lowest BCUT2D eigenvalue weighted by Crippen LogP contribution is -2.35. The third-order valence-corrected chi connectivity index (χ3v) is 3.73. The van der Waals surface area contributed by atoms with E-state index < -0.39 is 0 Å². The minimum atomic E-state index is 0.428. The van der Waals surface area contributed by atoms with E-state index in [0.717, 1.165) is 19.5 Å². The zero-order valence-electron chi connectivity index (χ0n) is 11.2. The number of hydrogen-bond acceptors (Lipinski definition) is 4. The Kier molecular flexibility index (Phi) is 3.60. The smallest absolute Gasteiger partial charge is 0.226 e. The third kappa shape index (κ3) is 2.62. The van der Waals surface area contributed by atoms with Crippen molar-refractivity contribution in [2.45, 2.75) is 18.8 Å². The van der Waals surface area contributed by atoms with Gasteiger partial charge in [0.25, 0.3) is 0 Å². The molecule has 0 N–H and O–H groups in total. The molecule has 1 atom stereocenters. The van der Waals surface area contributed by atoms with Crippen LogP contribution >= 0.6 is 0 Å². The average Bonchev–Trinajstić information content (AvgIpc) is 2.56. The lowest BCUT2D eigenvalue weighted by Gasteiger charge is -2.33. The summed E-state index contributed by atoms with van der Waals surface area (Å²) in [5, 5.41) is 8.93. The maximum Gasteiger partial charge on any atom is 0.226 e. The SMILES string of the molecule is N#Cc1ccnc(N2CCC[C@H](c3ccccc3)C2)n1. The number of benzene rings is 1. The van der Waals surface area contributed by atoms with E-state index in [9.17, 15) is 0 Å². The zero-order valence-corrected chi connectivity index (χ0v) is 11.2. The summed E-state index contributed by atoms with van der Waals surface area (Å²) in [6.45, 7) is 1.87. The van der Waals surface area contributed by atoms with Crippen LogP contribution < -0.4 is 4.90 Å². The van der Waals surface area contributed by atoms with Crippen LogP contribution in [0.25, 0.3) is 0 Å². The van der Waals surface area contributed by atoms with Crippen LogP contribution in [0.3, 0.4) is 0 Å². The largest absolute Gasteiger partial charge is 0.340 e. The fourth-order valence-electron chi connectivity index (χ4n) is 2.72. The van der Waals surface area contributed by atoms with Crippen molar-refractivity contribution in [1.82, 2.24) is 9.97 Å². The number of rotatable bonds is 2. The van der Waals surface area contributed by atoms with Gasteiger partial charge < -0.3 is 4.90 Å². The van der Waals surface area contributed by atoms with Gasteiger partial charge in [-0.3, -0.25) is 0 Å². The molecule has 0 radical (unpaired) electrons. The van der Waals surface area contributed by atoms with Gasteiger partial charge in [0.1, 0.15) is 11.8 Å². The highest BCUT2D eigenvalue weighted by Gasteiger charge is 2.22. The van der Waals surface area contributed by atoms with Crippen LogP contribution in [0.5, 0.6) is 0 Å². The fourth-order valence-corrected chi connectivity index (χ4v) is 2.72. The topological polar surface area (TPSA) is 52.8 Å².